The van der Waals surface area contributed by atoms with E-state index in [4.69, 9.17) is 9.47 Å². The molecular weight excluding hydrogens is 460 g/mol. The fraction of sp³-hybridized carbons (Fsp3) is 0.586. The van der Waals surface area contributed by atoms with Crippen molar-refractivity contribution in [2.45, 2.75) is 74.0 Å². The zero-order chi connectivity index (χ0) is 25.1. The van der Waals surface area contributed by atoms with Crippen LogP contribution in [0.3, 0.4) is 0 Å². The molecule has 1 atom stereocenters. The molecule has 0 spiro atoms. The Morgan fingerprint density at radius 2 is 1.77 bits per heavy atom. The molecule has 0 saturated heterocycles. The molecule has 194 valence electrons. The molecular formula is C29H43ClN2O3. The van der Waals surface area contributed by atoms with Gasteiger partial charge in [0, 0.05) is 25.0 Å². The summed E-state index contributed by atoms with van der Waals surface area (Å²) < 4.78 is 12.2. The minimum atomic E-state index is -0.222. The molecule has 2 aliphatic rings. The lowest BCUT2D eigenvalue weighted by atomic mass is 9.74. The number of allylic oxidation sites excluding steroid dienone is 2. The van der Waals surface area contributed by atoms with Crippen LogP contribution in [-0.4, -0.2) is 48.8 Å². The Bertz CT molecular complexity index is 1000. The van der Waals surface area contributed by atoms with Gasteiger partial charge in [-0.1, -0.05) is 60.6 Å². The molecule has 6 heteroatoms. The predicted molar refractivity (Wildman–Crippen MR) is 147 cm³/mol. The minimum absolute atomic E-state index is 0. The normalized spacial score (nSPS) is 18.5. The molecule has 0 bridgehead atoms. The number of hydrogen-bond acceptors (Lipinski definition) is 5. The van der Waals surface area contributed by atoms with Gasteiger partial charge in [0.2, 0.25) is 5.90 Å². The standard InChI is InChI=1S/C29H42N2O3.ClH/c1-9-31(8)19-20-10-12-22(13-11-20)33-15-14-23-18-30-27(34-23)21-16-24(28(2,3)4)26(32)25(17-21)29(5,6)7;/h10-13,23,32H,9,14-16,18-19H2,1-8H3;1H. The molecule has 3 rings (SSSR count). The molecule has 1 aliphatic heterocycles. The SMILES string of the molecule is CCN(C)Cc1ccc(OCCC2CN=C(C3=C=C(C(C)(C)C)C(O)=C(C(C)(C)C)C3)O2)cc1.Cl. The molecule has 5 nitrogen and oxygen atoms in total. The van der Waals surface area contributed by atoms with Gasteiger partial charge in [0.15, 0.2) is 0 Å². The van der Waals surface area contributed by atoms with Gasteiger partial charge in [0.1, 0.15) is 17.6 Å². The lowest BCUT2D eigenvalue weighted by molar-refractivity contribution is 0.177. The Labute approximate surface area is 218 Å². The number of rotatable bonds is 8. The number of aliphatic hydroxyl groups is 1. The monoisotopic (exact) mass is 502 g/mol. The second kappa shape index (κ2) is 11.7. The van der Waals surface area contributed by atoms with E-state index in [1.165, 1.54) is 5.56 Å². The zero-order valence-electron chi connectivity index (χ0n) is 22.7. The van der Waals surface area contributed by atoms with E-state index in [0.29, 0.717) is 31.2 Å². The summed E-state index contributed by atoms with van der Waals surface area (Å²) >= 11 is 0. The van der Waals surface area contributed by atoms with E-state index in [1.54, 1.807) is 0 Å². The van der Waals surface area contributed by atoms with Gasteiger partial charge in [0.25, 0.3) is 0 Å². The van der Waals surface area contributed by atoms with Crippen molar-refractivity contribution in [1.82, 2.24) is 4.90 Å². The Kier molecular flexibility index (Phi) is 9.70. The lowest BCUT2D eigenvalue weighted by Gasteiger charge is -2.31. The first-order valence-electron chi connectivity index (χ1n) is 12.4. The van der Waals surface area contributed by atoms with E-state index >= 15 is 0 Å². The molecule has 1 heterocycles. The van der Waals surface area contributed by atoms with E-state index in [-0.39, 0.29) is 29.3 Å². The first kappa shape index (κ1) is 29.0. The number of hydrogen-bond donors (Lipinski definition) is 1. The van der Waals surface area contributed by atoms with Crippen LogP contribution in [-0.2, 0) is 11.3 Å². The number of benzene rings is 1. The second-order valence-electron chi connectivity index (χ2n) is 11.5. The molecule has 0 fully saturated rings. The van der Waals surface area contributed by atoms with E-state index in [9.17, 15) is 5.11 Å². The topological polar surface area (TPSA) is 54.3 Å². The van der Waals surface area contributed by atoms with Crippen LogP contribution in [0.15, 0.2) is 57.5 Å². The van der Waals surface area contributed by atoms with Crippen LogP contribution < -0.4 is 4.74 Å². The van der Waals surface area contributed by atoms with Crippen LogP contribution in [0.2, 0.25) is 0 Å². The van der Waals surface area contributed by atoms with Crippen molar-refractivity contribution < 1.29 is 14.6 Å². The lowest BCUT2D eigenvalue weighted by Crippen LogP contribution is -2.23. The van der Waals surface area contributed by atoms with Gasteiger partial charge in [-0.15, -0.1) is 18.1 Å². The maximum atomic E-state index is 11.0. The second-order valence-corrected chi connectivity index (χ2v) is 11.5. The van der Waals surface area contributed by atoms with Gasteiger partial charge >= 0.3 is 0 Å². The van der Waals surface area contributed by atoms with E-state index < -0.39 is 0 Å². The number of halogens is 1. The van der Waals surface area contributed by atoms with Crippen LogP contribution in [0.5, 0.6) is 5.75 Å². The first-order chi connectivity index (χ1) is 15.9. The Balaban J connectivity index is 0.00000432. The van der Waals surface area contributed by atoms with E-state index in [0.717, 1.165) is 42.0 Å². The summed E-state index contributed by atoms with van der Waals surface area (Å²) in [6.07, 6.45) is 1.37. The molecule has 35 heavy (non-hydrogen) atoms. The minimum Gasteiger partial charge on any atom is -0.507 e. The highest BCUT2D eigenvalue weighted by molar-refractivity contribution is 5.95. The van der Waals surface area contributed by atoms with Crippen LogP contribution in [0.4, 0.5) is 0 Å². The summed E-state index contributed by atoms with van der Waals surface area (Å²) in [5.41, 5.74) is 7.13. The summed E-state index contributed by atoms with van der Waals surface area (Å²) in [5, 5.41) is 11.0. The maximum Gasteiger partial charge on any atom is 0.220 e. The van der Waals surface area contributed by atoms with Crippen molar-refractivity contribution in [2.75, 3.05) is 26.7 Å². The van der Waals surface area contributed by atoms with Gasteiger partial charge in [-0.2, -0.15) is 0 Å². The zero-order valence-corrected chi connectivity index (χ0v) is 23.5. The van der Waals surface area contributed by atoms with Crippen molar-refractivity contribution in [2.24, 2.45) is 15.8 Å². The largest absolute Gasteiger partial charge is 0.507 e. The number of ether oxygens (including phenoxy) is 2. The highest BCUT2D eigenvalue weighted by atomic mass is 35.5. The van der Waals surface area contributed by atoms with Gasteiger partial charge in [-0.3, -0.25) is 0 Å². The highest BCUT2D eigenvalue weighted by Gasteiger charge is 2.34. The van der Waals surface area contributed by atoms with Crippen molar-refractivity contribution in [1.29, 1.82) is 0 Å². The maximum absolute atomic E-state index is 11.0. The molecule has 1 aromatic carbocycles. The van der Waals surface area contributed by atoms with Crippen molar-refractivity contribution in [3.8, 4) is 5.75 Å². The summed E-state index contributed by atoms with van der Waals surface area (Å²) in [4.78, 5) is 6.96. The fourth-order valence-corrected chi connectivity index (χ4v) is 4.11. The van der Waals surface area contributed by atoms with Crippen LogP contribution in [0.1, 0.15) is 66.9 Å². The average Bonchev–Trinajstić information content (AvgIpc) is 3.22. The third kappa shape index (κ3) is 7.64. The van der Waals surface area contributed by atoms with E-state index in [1.807, 2.05) is 12.1 Å². The third-order valence-corrected chi connectivity index (χ3v) is 6.41. The molecule has 1 aliphatic carbocycles. The Hall–Kier alpha value is -2.20. The first-order valence-corrected chi connectivity index (χ1v) is 12.4. The fourth-order valence-electron chi connectivity index (χ4n) is 4.11. The molecule has 1 unspecified atom stereocenters. The summed E-state index contributed by atoms with van der Waals surface area (Å²) in [6.45, 7) is 18.0. The summed E-state index contributed by atoms with van der Waals surface area (Å²) in [7, 11) is 2.12. The van der Waals surface area contributed by atoms with Gasteiger partial charge in [-0.05, 0) is 47.7 Å². The number of aliphatic imine (C=N–C) groups is 1. The number of nitrogens with zero attached hydrogens (tertiary/aromatic N) is 2. The molecule has 0 saturated carbocycles. The molecule has 0 aromatic heterocycles. The van der Waals surface area contributed by atoms with E-state index in [2.05, 4.69) is 83.3 Å². The van der Waals surface area contributed by atoms with Crippen molar-refractivity contribution in [3.63, 3.8) is 0 Å². The Morgan fingerprint density at radius 3 is 2.34 bits per heavy atom. The predicted octanol–water partition coefficient (Wildman–Crippen LogP) is 6.89. The van der Waals surface area contributed by atoms with Crippen LogP contribution >= 0.6 is 12.4 Å². The highest BCUT2D eigenvalue weighted by Crippen LogP contribution is 2.42. The summed E-state index contributed by atoms with van der Waals surface area (Å²) in [5.74, 6) is 1.91. The van der Waals surface area contributed by atoms with Crippen LogP contribution in [0, 0.1) is 10.8 Å². The molecule has 1 aromatic rings. The third-order valence-electron chi connectivity index (χ3n) is 6.41. The van der Waals surface area contributed by atoms with Gasteiger partial charge < -0.3 is 19.5 Å². The van der Waals surface area contributed by atoms with Crippen molar-refractivity contribution in [3.05, 3.63) is 58.0 Å². The molecule has 1 N–H and O–H groups in total. The number of aliphatic hydroxyl groups excluding tert-OH is 1. The Morgan fingerprint density at radius 1 is 1.11 bits per heavy atom. The summed E-state index contributed by atoms with van der Waals surface area (Å²) in [6, 6.07) is 8.32. The van der Waals surface area contributed by atoms with Crippen LogP contribution in [0.25, 0.3) is 0 Å². The average molecular weight is 503 g/mol. The smallest absolute Gasteiger partial charge is 0.220 e. The molecule has 0 amide bonds. The van der Waals surface area contributed by atoms with Gasteiger partial charge in [0.05, 0.1) is 18.7 Å². The quantitative estimate of drug-likeness (QED) is 0.393. The molecule has 0 radical (unpaired) electrons. The van der Waals surface area contributed by atoms with Crippen molar-refractivity contribution >= 4 is 18.3 Å². The van der Waals surface area contributed by atoms with Gasteiger partial charge in [-0.25, -0.2) is 4.99 Å².